The van der Waals surface area contributed by atoms with Gasteiger partial charge in [-0.3, -0.25) is 5.73 Å². The lowest BCUT2D eigenvalue weighted by Gasteiger charge is -2.25. The number of nitrogens with two attached hydrogens (primary N) is 1. The van der Waals surface area contributed by atoms with Crippen LogP contribution in [0.15, 0.2) is 168 Å². The molecule has 0 bridgehead atoms. The third kappa shape index (κ3) is 6.10. The maximum Gasteiger partial charge on any atom is 0.228 e. The molecular weight excluding hydrogens is 665 g/mol. The number of allylic oxidation sites excluding steroid dienone is 4. The first-order valence-corrected chi connectivity index (χ1v) is 19.1. The summed E-state index contributed by atoms with van der Waals surface area (Å²) in [6, 6.07) is 53.6. The van der Waals surface area contributed by atoms with Crippen molar-refractivity contribution >= 4 is 44.9 Å². The van der Waals surface area contributed by atoms with Crippen molar-refractivity contribution in [2.45, 2.75) is 36.7 Å². The number of fused-ring (bicyclic) bond motifs is 6. The maximum absolute atomic E-state index is 9.41. The predicted molar refractivity (Wildman–Crippen MR) is 219 cm³/mol. The molecule has 3 atom stereocenters. The van der Waals surface area contributed by atoms with Crippen molar-refractivity contribution in [1.82, 2.24) is 4.57 Å². The molecule has 1 aliphatic carbocycles. The summed E-state index contributed by atoms with van der Waals surface area (Å²) < 4.78 is 2.37. The summed E-state index contributed by atoms with van der Waals surface area (Å²) in [6.07, 6.45) is 5.86. The minimum absolute atomic E-state index is 0.406. The molecule has 0 amide bonds. The molecule has 0 fully saturated rings. The number of thioether (sulfide) groups is 1. The van der Waals surface area contributed by atoms with E-state index in [0.717, 1.165) is 40.9 Å². The van der Waals surface area contributed by atoms with Crippen LogP contribution >= 0.6 is 11.8 Å². The van der Waals surface area contributed by atoms with Gasteiger partial charge in [0.1, 0.15) is 0 Å². The van der Waals surface area contributed by atoms with E-state index < -0.39 is 6.17 Å². The fraction of sp³-hybridized carbons (Fsp3) is 0.125. The Hall–Kier alpha value is -5.93. The van der Waals surface area contributed by atoms with E-state index in [1.807, 2.05) is 36.0 Å². The van der Waals surface area contributed by atoms with E-state index in [1.165, 1.54) is 48.3 Å². The van der Waals surface area contributed by atoms with Crippen molar-refractivity contribution in [3.8, 4) is 11.8 Å². The van der Waals surface area contributed by atoms with Crippen molar-refractivity contribution in [3.05, 3.63) is 196 Å². The molecular formula is C48H39N4S+. The highest BCUT2D eigenvalue weighted by atomic mass is 32.2. The van der Waals surface area contributed by atoms with Crippen LogP contribution in [0.3, 0.4) is 0 Å². The fourth-order valence-electron chi connectivity index (χ4n) is 8.13. The van der Waals surface area contributed by atoms with Crippen LogP contribution in [0.5, 0.6) is 0 Å². The number of hydrogen-bond acceptors (Lipinski definition) is 3. The number of aryl methyl sites for hydroxylation is 1. The summed E-state index contributed by atoms with van der Waals surface area (Å²) in [5.41, 5.74) is 19.4. The monoisotopic (exact) mass is 703 g/mol. The predicted octanol–water partition coefficient (Wildman–Crippen LogP) is 9.62. The molecule has 1 aliphatic heterocycles. The first kappa shape index (κ1) is 32.9. The van der Waals surface area contributed by atoms with Crippen molar-refractivity contribution in [3.63, 3.8) is 0 Å². The van der Waals surface area contributed by atoms with Gasteiger partial charge in [-0.25, -0.2) is 4.99 Å². The lowest BCUT2D eigenvalue weighted by Crippen LogP contribution is -2.77. The summed E-state index contributed by atoms with van der Waals surface area (Å²) in [4.78, 5) is 6.51. The third-order valence-corrected chi connectivity index (χ3v) is 12.0. The van der Waals surface area contributed by atoms with Gasteiger partial charge in [-0.05, 0) is 95.3 Å². The van der Waals surface area contributed by atoms with Crippen LogP contribution < -0.4 is 10.7 Å². The zero-order valence-electron chi connectivity index (χ0n) is 29.5. The number of para-hydroxylation sites is 1. The molecule has 9 rings (SSSR count). The van der Waals surface area contributed by atoms with Gasteiger partial charge in [-0.15, -0.1) is 0 Å². The van der Waals surface area contributed by atoms with E-state index in [4.69, 9.17) is 5.73 Å². The number of nitrogens with zero attached hydrogens (tertiary/aromatic N) is 2. The molecule has 1 aromatic heterocycles. The van der Waals surface area contributed by atoms with Gasteiger partial charge >= 0.3 is 0 Å². The van der Waals surface area contributed by atoms with Gasteiger partial charge in [0, 0.05) is 49.7 Å². The molecule has 2 heterocycles. The average molecular weight is 704 g/mol. The topological polar surface area (TPSA) is 68.7 Å². The number of benzene rings is 6. The largest absolute Gasteiger partial charge is 0.309 e. The average Bonchev–Trinajstić information content (AvgIpc) is 3.77. The Bertz CT molecular complexity index is 2660. The van der Waals surface area contributed by atoms with Crippen LogP contribution in [0.1, 0.15) is 58.8 Å². The van der Waals surface area contributed by atoms with Crippen LogP contribution in [0.4, 0.5) is 0 Å². The highest BCUT2D eigenvalue weighted by Gasteiger charge is 2.35. The lowest BCUT2D eigenvalue weighted by atomic mass is 9.80. The molecule has 0 saturated heterocycles. The van der Waals surface area contributed by atoms with E-state index in [0.29, 0.717) is 17.4 Å². The highest BCUT2D eigenvalue weighted by molar-refractivity contribution is 8.03. The molecule has 0 spiro atoms. The second-order valence-electron chi connectivity index (χ2n) is 14.1. The van der Waals surface area contributed by atoms with Crippen LogP contribution in [-0.4, -0.2) is 10.3 Å². The SMILES string of the molecule is CC1C=CC(c2ccc3c(c2)c2ccccc2n3-c2cccc(C(N)[NH+]=C(CCc3cccc(C#N)c3)c3ccccc3)c2)=C2Sc3ccccc3C21. The van der Waals surface area contributed by atoms with E-state index in [1.54, 1.807) is 0 Å². The molecule has 6 aromatic carbocycles. The zero-order valence-corrected chi connectivity index (χ0v) is 30.4. The van der Waals surface area contributed by atoms with Crippen molar-refractivity contribution < 1.29 is 4.99 Å². The summed E-state index contributed by atoms with van der Waals surface area (Å²) >= 11 is 1.94. The standard InChI is InChI=1S/C48H38N4S/c1-31-21-24-38(47-46(31)40-18-6-8-20-45(40)53-47)35-23-26-44-41(29-35)39-17-5-7-19-43(39)52(44)37-16-10-15-36(28-37)48(50)51-42(34-13-3-2-4-14-34)25-22-32-11-9-12-33(27-32)30-49/h2-21,23-24,26-29,31,46,48H,22,25,50H2,1H3/p+1. The summed E-state index contributed by atoms with van der Waals surface area (Å²) in [5.74, 6) is 0.870. The zero-order chi connectivity index (χ0) is 35.9. The number of rotatable bonds is 8. The van der Waals surface area contributed by atoms with Gasteiger partial charge in [0.25, 0.3) is 0 Å². The molecule has 2 aliphatic rings. The van der Waals surface area contributed by atoms with E-state index >= 15 is 0 Å². The molecule has 53 heavy (non-hydrogen) atoms. The van der Waals surface area contributed by atoms with Crippen LogP contribution in [0.2, 0.25) is 0 Å². The van der Waals surface area contributed by atoms with Gasteiger partial charge in [-0.2, -0.15) is 5.26 Å². The van der Waals surface area contributed by atoms with E-state index in [2.05, 4.69) is 156 Å². The minimum atomic E-state index is -0.426. The fourth-order valence-corrected chi connectivity index (χ4v) is 9.59. The Morgan fingerprint density at radius 2 is 1.60 bits per heavy atom. The van der Waals surface area contributed by atoms with Gasteiger partial charge in [-0.1, -0.05) is 116 Å². The van der Waals surface area contributed by atoms with Crippen molar-refractivity contribution in [1.29, 1.82) is 5.26 Å². The lowest BCUT2D eigenvalue weighted by molar-refractivity contribution is -0.509. The quantitative estimate of drug-likeness (QED) is 0.122. The van der Waals surface area contributed by atoms with Gasteiger partial charge in [0.05, 0.1) is 22.7 Å². The maximum atomic E-state index is 9.41. The third-order valence-electron chi connectivity index (χ3n) is 10.8. The van der Waals surface area contributed by atoms with Gasteiger partial charge < -0.3 is 4.57 Å². The van der Waals surface area contributed by atoms with E-state index in [-0.39, 0.29) is 0 Å². The first-order chi connectivity index (χ1) is 26.1. The second-order valence-corrected chi connectivity index (χ2v) is 15.2. The molecule has 256 valence electrons. The Morgan fingerprint density at radius 1 is 0.811 bits per heavy atom. The summed E-state index contributed by atoms with van der Waals surface area (Å²) in [5, 5.41) is 11.9. The molecule has 3 N–H and O–H groups in total. The van der Waals surface area contributed by atoms with Crippen molar-refractivity contribution in [2.75, 3.05) is 0 Å². The van der Waals surface area contributed by atoms with Crippen LogP contribution in [0, 0.1) is 17.2 Å². The second kappa shape index (κ2) is 13.9. The number of nitrogens with one attached hydrogen (secondary N) is 1. The molecule has 4 nitrogen and oxygen atoms in total. The van der Waals surface area contributed by atoms with Gasteiger partial charge in [0.15, 0.2) is 5.71 Å². The van der Waals surface area contributed by atoms with Crippen molar-refractivity contribution in [2.24, 2.45) is 11.7 Å². The molecule has 0 saturated carbocycles. The van der Waals surface area contributed by atoms with Crippen LogP contribution in [-0.2, 0) is 6.42 Å². The smallest absolute Gasteiger partial charge is 0.228 e. The Balaban J connectivity index is 1.09. The number of aromatic nitrogens is 1. The summed E-state index contributed by atoms with van der Waals surface area (Å²) in [6.45, 7) is 2.34. The Morgan fingerprint density at radius 3 is 2.49 bits per heavy atom. The minimum Gasteiger partial charge on any atom is -0.309 e. The Labute approximate surface area is 314 Å². The molecule has 7 aromatic rings. The number of nitriles is 1. The van der Waals surface area contributed by atoms with Gasteiger partial charge in [0.2, 0.25) is 6.17 Å². The summed E-state index contributed by atoms with van der Waals surface area (Å²) in [7, 11) is 0. The number of hydrogen-bond donors (Lipinski definition) is 2. The molecule has 0 radical (unpaired) electrons. The molecule has 3 unspecified atom stereocenters. The highest BCUT2D eigenvalue weighted by Crippen LogP contribution is 2.56. The van der Waals surface area contributed by atoms with Crippen LogP contribution in [0.25, 0.3) is 33.1 Å². The molecule has 5 heteroatoms. The normalized spacial score (nSPS) is 17.2. The Kier molecular flexibility index (Phi) is 8.64. The first-order valence-electron chi connectivity index (χ1n) is 18.3. The van der Waals surface area contributed by atoms with E-state index in [9.17, 15) is 5.26 Å².